The largest absolute Gasteiger partial charge is 0.465 e. The second-order valence-corrected chi connectivity index (χ2v) is 7.56. The maximum atomic E-state index is 14.2. The second-order valence-electron chi connectivity index (χ2n) is 7.15. The van der Waals surface area contributed by atoms with Crippen LogP contribution in [0.15, 0.2) is 60.8 Å². The van der Waals surface area contributed by atoms with Gasteiger partial charge in [-0.1, -0.05) is 36.7 Å². The zero-order valence-corrected chi connectivity index (χ0v) is 17.7. The predicted octanol–water partition coefficient (Wildman–Crippen LogP) is 5.88. The van der Waals surface area contributed by atoms with Gasteiger partial charge in [0.25, 0.3) is 0 Å². The highest BCUT2D eigenvalue weighted by Gasteiger charge is 2.59. The smallest absolute Gasteiger partial charge is 0.422 e. The van der Waals surface area contributed by atoms with Crippen molar-refractivity contribution < 1.29 is 32.2 Å². The third-order valence-electron chi connectivity index (χ3n) is 5.27. The van der Waals surface area contributed by atoms with Crippen LogP contribution in [0.5, 0.6) is 0 Å². The molecule has 0 amide bonds. The molecule has 32 heavy (non-hydrogen) atoms. The molecule has 1 N–H and O–H groups in total. The minimum atomic E-state index is -5.10. The number of esters is 1. The fraction of sp³-hybridized carbons (Fsp3) is 0.217. The summed E-state index contributed by atoms with van der Waals surface area (Å²) in [5.41, 5.74) is -3.26. The molecule has 0 aliphatic rings. The maximum Gasteiger partial charge on any atom is 0.422 e. The number of benzene rings is 2. The van der Waals surface area contributed by atoms with Crippen molar-refractivity contribution in [2.75, 3.05) is 7.11 Å². The van der Waals surface area contributed by atoms with E-state index in [0.29, 0.717) is 5.56 Å². The molecular formula is C23H18ClF4NO3. The number of nitrogens with zero attached hydrogens (tertiary/aromatic N) is 1. The van der Waals surface area contributed by atoms with Crippen molar-refractivity contribution in [3.63, 3.8) is 0 Å². The summed E-state index contributed by atoms with van der Waals surface area (Å²) >= 11 is 5.98. The van der Waals surface area contributed by atoms with Crippen LogP contribution in [0.2, 0.25) is 5.02 Å². The molecule has 1 aromatic heterocycles. The first-order valence-electron chi connectivity index (χ1n) is 9.38. The van der Waals surface area contributed by atoms with E-state index in [9.17, 15) is 27.5 Å². The van der Waals surface area contributed by atoms with Gasteiger partial charge in [0.15, 0.2) is 5.60 Å². The molecule has 2 aromatic carbocycles. The molecule has 2 atom stereocenters. The summed E-state index contributed by atoms with van der Waals surface area (Å²) in [6.45, 7) is 1.16. The number of methoxy groups -OCH3 is 1. The number of aliphatic hydroxyl groups is 1. The number of carbonyl (C=O) groups is 1. The molecule has 0 bridgehead atoms. The Labute approximate surface area is 186 Å². The van der Waals surface area contributed by atoms with E-state index >= 15 is 0 Å². The molecule has 0 radical (unpaired) electrons. The summed E-state index contributed by atoms with van der Waals surface area (Å²) < 4.78 is 60.8. The first-order valence-corrected chi connectivity index (χ1v) is 9.76. The molecular weight excluding hydrogens is 450 g/mol. The van der Waals surface area contributed by atoms with Gasteiger partial charge < -0.3 is 9.84 Å². The van der Waals surface area contributed by atoms with Gasteiger partial charge in [-0.15, -0.1) is 0 Å². The third kappa shape index (κ3) is 4.33. The molecule has 4 nitrogen and oxygen atoms in total. The number of pyridine rings is 1. The average molecular weight is 468 g/mol. The van der Waals surface area contributed by atoms with Gasteiger partial charge in [0, 0.05) is 22.7 Å². The van der Waals surface area contributed by atoms with Crippen LogP contribution in [-0.4, -0.2) is 29.3 Å². The SMILES string of the molecule is COC(=O)c1cccc(-c2cc(C(O)(C(C)c3ccc(F)cc3Cl)C(F)(F)F)ccn2)c1. The van der Waals surface area contributed by atoms with Crippen LogP contribution >= 0.6 is 11.6 Å². The van der Waals surface area contributed by atoms with Crippen molar-refractivity contribution in [2.24, 2.45) is 0 Å². The molecule has 0 saturated heterocycles. The number of ether oxygens (including phenoxy) is 1. The number of carbonyl (C=O) groups excluding carboxylic acids is 1. The number of alkyl halides is 3. The Morgan fingerprint density at radius 3 is 2.47 bits per heavy atom. The maximum absolute atomic E-state index is 14.2. The van der Waals surface area contributed by atoms with E-state index in [1.54, 1.807) is 6.07 Å². The summed E-state index contributed by atoms with van der Waals surface area (Å²) in [6, 6.07) is 11.1. The van der Waals surface area contributed by atoms with Gasteiger partial charge in [-0.25, -0.2) is 9.18 Å². The predicted molar refractivity (Wildman–Crippen MR) is 111 cm³/mol. The second kappa shape index (κ2) is 8.88. The fourth-order valence-corrected chi connectivity index (χ4v) is 3.82. The molecule has 3 rings (SSSR count). The minimum Gasteiger partial charge on any atom is -0.465 e. The normalized spacial score (nSPS) is 14.5. The van der Waals surface area contributed by atoms with Gasteiger partial charge in [0.1, 0.15) is 5.82 Å². The van der Waals surface area contributed by atoms with Gasteiger partial charge in [-0.3, -0.25) is 4.98 Å². The number of hydrogen-bond acceptors (Lipinski definition) is 4. The van der Waals surface area contributed by atoms with Crippen LogP contribution in [0.1, 0.15) is 34.3 Å². The molecule has 0 aliphatic carbocycles. The molecule has 1 heterocycles. The Kier molecular flexibility index (Phi) is 6.57. The van der Waals surface area contributed by atoms with Crippen LogP contribution in [0.25, 0.3) is 11.3 Å². The van der Waals surface area contributed by atoms with Crippen LogP contribution in [0, 0.1) is 5.82 Å². The average Bonchev–Trinajstić information content (AvgIpc) is 2.77. The van der Waals surface area contributed by atoms with Gasteiger partial charge in [-0.2, -0.15) is 13.2 Å². The topological polar surface area (TPSA) is 59.4 Å². The minimum absolute atomic E-state index is 0.0704. The molecule has 0 saturated carbocycles. The summed E-state index contributed by atoms with van der Waals surface area (Å²) in [5.74, 6) is -2.90. The lowest BCUT2D eigenvalue weighted by atomic mass is 9.77. The zero-order valence-electron chi connectivity index (χ0n) is 17.0. The Morgan fingerprint density at radius 2 is 1.84 bits per heavy atom. The number of hydrogen-bond donors (Lipinski definition) is 1. The standard InChI is InChI=1S/C23H18ClF4NO3/c1-13(18-7-6-17(25)12-19(18)24)22(31,23(26,27)28)16-8-9-29-20(11-16)14-4-3-5-15(10-14)21(30)32-2/h3-13,31H,1-2H3. The Balaban J connectivity index is 2.13. The molecule has 0 aliphatic heterocycles. The lowest BCUT2D eigenvalue weighted by molar-refractivity contribution is -0.274. The van der Waals surface area contributed by atoms with Crippen LogP contribution < -0.4 is 0 Å². The van der Waals surface area contributed by atoms with Crippen LogP contribution in [0.3, 0.4) is 0 Å². The van der Waals surface area contributed by atoms with Crippen LogP contribution in [-0.2, 0) is 10.3 Å². The summed E-state index contributed by atoms with van der Waals surface area (Å²) in [4.78, 5) is 15.9. The lowest BCUT2D eigenvalue weighted by Gasteiger charge is -2.37. The molecule has 168 valence electrons. The van der Waals surface area contributed by atoms with Gasteiger partial charge in [-0.05, 0) is 47.5 Å². The fourth-order valence-electron chi connectivity index (χ4n) is 3.49. The van der Waals surface area contributed by atoms with Crippen molar-refractivity contribution in [1.82, 2.24) is 4.98 Å². The lowest BCUT2D eigenvalue weighted by Crippen LogP contribution is -2.46. The monoisotopic (exact) mass is 467 g/mol. The van der Waals surface area contributed by atoms with E-state index in [1.165, 1.54) is 25.3 Å². The number of aromatic nitrogens is 1. The van der Waals surface area contributed by atoms with Gasteiger partial charge in [0.05, 0.1) is 18.4 Å². The van der Waals surface area contributed by atoms with Crippen molar-refractivity contribution >= 4 is 17.6 Å². The summed E-state index contributed by atoms with van der Waals surface area (Å²) in [5, 5.41) is 10.8. The first-order chi connectivity index (χ1) is 15.0. The molecule has 0 fully saturated rings. The summed E-state index contributed by atoms with van der Waals surface area (Å²) in [6.07, 6.45) is -3.97. The highest BCUT2D eigenvalue weighted by molar-refractivity contribution is 6.31. The molecule has 2 unspecified atom stereocenters. The van der Waals surface area contributed by atoms with Crippen molar-refractivity contribution in [3.8, 4) is 11.3 Å². The molecule has 3 aromatic rings. The number of rotatable bonds is 5. The quantitative estimate of drug-likeness (QED) is 0.376. The van der Waals surface area contributed by atoms with Crippen LogP contribution in [0.4, 0.5) is 17.6 Å². The van der Waals surface area contributed by atoms with E-state index in [0.717, 1.165) is 43.5 Å². The van der Waals surface area contributed by atoms with Gasteiger partial charge in [0.2, 0.25) is 0 Å². The molecule has 9 heteroatoms. The van der Waals surface area contributed by atoms with E-state index < -0.39 is 35.0 Å². The van der Waals surface area contributed by atoms with E-state index in [1.807, 2.05) is 0 Å². The highest BCUT2D eigenvalue weighted by atomic mass is 35.5. The van der Waals surface area contributed by atoms with E-state index in [4.69, 9.17) is 11.6 Å². The third-order valence-corrected chi connectivity index (χ3v) is 5.59. The van der Waals surface area contributed by atoms with Gasteiger partial charge >= 0.3 is 12.1 Å². The van der Waals surface area contributed by atoms with Crippen molar-refractivity contribution in [3.05, 3.63) is 88.3 Å². The Morgan fingerprint density at radius 1 is 1.12 bits per heavy atom. The van der Waals surface area contributed by atoms with E-state index in [-0.39, 0.29) is 21.8 Å². The zero-order chi connectivity index (χ0) is 23.7. The Hall–Kier alpha value is -2.97. The summed E-state index contributed by atoms with van der Waals surface area (Å²) in [7, 11) is 1.21. The van der Waals surface area contributed by atoms with E-state index in [2.05, 4.69) is 9.72 Å². The molecule has 0 spiro atoms. The van der Waals surface area contributed by atoms with Crippen molar-refractivity contribution in [2.45, 2.75) is 24.6 Å². The number of halogens is 5. The van der Waals surface area contributed by atoms with Crippen molar-refractivity contribution in [1.29, 1.82) is 0 Å². The Bertz CT molecular complexity index is 1150. The highest BCUT2D eigenvalue weighted by Crippen LogP contribution is 2.50. The first kappa shape index (κ1) is 23.7.